The fourth-order valence-corrected chi connectivity index (χ4v) is 18.7. The summed E-state index contributed by atoms with van der Waals surface area (Å²) in [5, 5.41) is 17.8. The van der Waals surface area contributed by atoms with E-state index in [2.05, 4.69) is 406 Å². The normalized spacial score (nSPS) is 11.7. The maximum atomic E-state index is 5.44. The van der Waals surface area contributed by atoms with E-state index in [-0.39, 0.29) is 0 Å². The summed E-state index contributed by atoms with van der Waals surface area (Å²) in [6.07, 6.45) is 3.69. The number of pyridine rings is 8. The van der Waals surface area contributed by atoms with E-state index in [9.17, 15) is 0 Å². The van der Waals surface area contributed by atoms with Crippen molar-refractivity contribution < 1.29 is 0 Å². The van der Waals surface area contributed by atoms with Gasteiger partial charge in [0, 0.05) is 88.9 Å². The lowest BCUT2D eigenvalue weighted by Crippen LogP contribution is -1.95. The van der Waals surface area contributed by atoms with Crippen molar-refractivity contribution in [3.63, 3.8) is 0 Å². The molecule has 0 saturated heterocycles. The Hall–Kier alpha value is -16.9. The first kappa shape index (κ1) is 73.0. The van der Waals surface area contributed by atoms with Crippen molar-refractivity contribution in [3.8, 4) is 123 Å². The Bertz CT molecular complexity index is 8550. The molecule has 8 heterocycles. The molecule has 0 spiro atoms. The van der Waals surface area contributed by atoms with Crippen LogP contribution in [0.4, 0.5) is 0 Å². The van der Waals surface area contributed by atoms with Gasteiger partial charge in [0.1, 0.15) is 0 Å². The van der Waals surface area contributed by atoms with Crippen molar-refractivity contribution >= 4 is 130 Å². The highest BCUT2D eigenvalue weighted by molar-refractivity contribution is 6.23. The third kappa shape index (κ3) is 13.1. The number of rotatable bonds is 11. The Balaban J connectivity index is 0.000000142. The molecule has 25 rings (SSSR count). The number of hydrogen-bond acceptors (Lipinski definition) is 8. The quantitative estimate of drug-likeness (QED) is 0.0932. The van der Waals surface area contributed by atoms with E-state index in [1.807, 2.05) is 30.6 Å². The molecular weight excluding hydrogens is 1530 g/mol. The molecular formula is C118H72N8. The Morgan fingerprint density at radius 2 is 0.389 bits per heavy atom. The minimum atomic E-state index is 0.907. The van der Waals surface area contributed by atoms with Gasteiger partial charge in [-0.05, 0) is 202 Å². The first-order valence-electron chi connectivity index (χ1n) is 42.6. The van der Waals surface area contributed by atoms with E-state index in [4.69, 9.17) is 39.9 Å². The van der Waals surface area contributed by atoms with Crippen LogP contribution in [-0.2, 0) is 0 Å². The molecule has 0 aliphatic heterocycles. The zero-order valence-corrected chi connectivity index (χ0v) is 68.1. The predicted molar refractivity (Wildman–Crippen MR) is 525 cm³/mol. The Labute approximate surface area is 725 Å². The second-order valence-corrected chi connectivity index (χ2v) is 32.4. The minimum Gasteiger partial charge on any atom is -0.254 e. The van der Waals surface area contributed by atoms with Crippen LogP contribution in [0, 0.1) is 0 Å². The average molecular weight is 1600 g/mol. The molecule has 0 radical (unpaired) electrons. The van der Waals surface area contributed by atoms with Gasteiger partial charge in [0.15, 0.2) is 0 Å². The minimum absolute atomic E-state index is 0.907. The van der Waals surface area contributed by atoms with Gasteiger partial charge in [-0.1, -0.05) is 322 Å². The van der Waals surface area contributed by atoms with Gasteiger partial charge >= 0.3 is 0 Å². The standard InChI is InChI=1S/C62H38N4.C56H34N4/c1-3-12-39(13-4-1)47-35-48(40-14-5-2-6-15-40)37-49(36-47)55-30-28-46-34-44(27-29-54(46)64-55)45-24-21-41-25-31-56(65-58(41)38-45)59-50-17-7-9-19-52(50)60(53-20-10-8-18-51(53)59)57-32-26-43-23-22-42-16-11-33-63-61(42)62(43)66-57;1-2-9-35(10-3-1)36-16-18-37(19-17-36)48-29-27-43-33-41(26-28-49(43)58-48)42-23-20-38-24-30-50(59-52(38)34-42)53-44-12-4-6-14-46(44)54(47-15-7-5-13-45(47)53)51-31-25-40-22-21-39-11-8-32-57-55(39)56(40)60-51/h1-38H;1-34H. The van der Waals surface area contributed by atoms with Gasteiger partial charge in [0.05, 0.1) is 78.3 Å². The topological polar surface area (TPSA) is 103 Å². The molecule has 25 aromatic rings. The molecule has 8 aromatic heterocycles. The van der Waals surface area contributed by atoms with Crippen molar-refractivity contribution in [1.82, 2.24) is 39.9 Å². The third-order valence-corrected chi connectivity index (χ3v) is 24.9. The second kappa shape index (κ2) is 30.6. The third-order valence-electron chi connectivity index (χ3n) is 24.9. The Morgan fingerprint density at radius 3 is 0.786 bits per heavy atom. The Kier molecular flexibility index (Phi) is 17.8. The summed E-state index contributed by atoms with van der Waals surface area (Å²) in [7, 11) is 0. The van der Waals surface area contributed by atoms with Gasteiger partial charge in [-0.2, -0.15) is 0 Å². The maximum absolute atomic E-state index is 5.44. The van der Waals surface area contributed by atoms with Crippen LogP contribution < -0.4 is 0 Å². The first-order valence-corrected chi connectivity index (χ1v) is 42.6. The monoisotopic (exact) mass is 1600 g/mol. The van der Waals surface area contributed by atoms with Gasteiger partial charge in [0.25, 0.3) is 0 Å². The highest BCUT2D eigenvalue weighted by Gasteiger charge is 2.23. The average Bonchev–Trinajstić information content (AvgIpc) is 0.729. The molecule has 0 saturated carbocycles. The molecule has 0 bridgehead atoms. The number of nitrogens with zero attached hydrogens (tertiary/aromatic N) is 8. The zero-order valence-electron chi connectivity index (χ0n) is 68.1. The first-order chi connectivity index (χ1) is 62.4. The van der Waals surface area contributed by atoms with E-state index in [0.29, 0.717) is 0 Å². The van der Waals surface area contributed by atoms with Gasteiger partial charge < -0.3 is 0 Å². The molecule has 584 valence electrons. The smallest absolute Gasteiger partial charge is 0.0972 e. The van der Waals surface area contributed by atoms with E-state index in [0.717, 1.165) is 220 Å². The molecule has 0 aliphatic rings. The second-order valence-electron chi connectivity index (χ2n) is 32.4. The van der Waals surface area contributed by atoms with Crippen molar-refractivity contribution in [1.29, 1.82) is 0 Å². The van der Waals surface area contributed by atoms with Crippen LogP contribution in [-0.4, -0.2) is 39.9 Å². The zero-order chi connectivity index (χ0) is 83.1. The summed E-state index contributed by atoms with van der Waals surface area (Å²) in [4.78, 5) is 41.3. The summed E-state index contributed by atoms with van der Waals surface area (Å²) >= 11 is 0. The predicted octanol–water partition coefficient (Wildman–Crippen LogP) is 30.7. The van der Waals surface area contributed by atoms with Crippen LogP contribution in [0.5, 0.6) is 0 Å². The number of benzene rings is 17. The number of aromatic nitrogens is 8. The highest BCUT2D eigenvalue weighted by Crippen LogP contribution is 2.47. The Morgan fingerprint density at radius 1 is 0.127 bits per heavy atom. The fraction of sp³-hybridized carbons (Fsp3) is 0. The highest BCUT2D eigenvalue weighted by atomic mass is 14.8. The van der Waals surface area contributed by atoms with Crippen molar-refractivity contribution in [2.75, 3.05) is 0 Å². The molecule has 0 amide bonds. The van der Waals surface area contributed by atoms with Gasteiger partial charge in [-0.15, -0.1) is 0 Å². The van der Waals surface area contributed by atoms with Crippen molar-refractivity contribution in [2.45, 2.75) is 0 Å². The molecule has 0 fully saturated rings. The molecule has 0 N–H and O–H groups in total. The van der Waals surface area contributed by atoms with Crippen LogP contribution >= 0.6 is 0 Å². The summed E-state index contributed by atoms with van der Waals surface area (Å²) < 4.78 is 0. The summed E-state index contributed by atoms with van der Waals surface area (Å²) in [6.45, 7) is 0. The number of fused-ring (bicyclic) bond motifs is 14. The summed E-state index contributed by atoms with van der Waals surface area (Å²) in [6, 6.07) is 151. The summed E-state index contributed by atoms with van der Waals surface area (Å²) in [5.74, 6) is 0. The summed E-state index contributed by atoms with van der Waals surface area (Å²) in [5.41, 5.74) is 31.3. The van der Waals surface area contributed by atoms with E-state index in [1.165, 1.54) is 33.4 Å². The van der Waals surface area contributed by atoms with Gasteiger partial charge in [-0.25, -0.2) is 29.9 Å². The lowest BCUT2D eigenvalue weighted by Gasteiger charge is -2.17. The lowest BCUT2D eigenvalue weighted by atomic mass is 9.88. The largest absolute Gasteiger partial charge is 0.254 e. The maximum Gasteiger partial charge on any atom is 0.0972 e. The van der Waals surface area contributed by atoms with E-state index >= 15 is 0 Å². The van der Waals surface area contributed by atoms with E-state index < -0.39 is 0 Å². The van der Waals surface area contributed by atoms with Crippen LogP contribution in [0.3, 0.4) is 0 Å². The van der Waals surface area contributed by atoms with Gasteiger partial charge in [-0.3, -0.25) is 9.97 Å². The van der Waals surface area contributed by atoms with E-state index in [1.54, 1.807) is 0 Å². The van der Waals surface area contributed by atoms with Crippen LogP contribution in [0.25, 0.3) is 253 Å². The molecule has 0 unspecified atom stereocenters. The van der Waals surface area contributed by atoms with Crippen LogP contribution in [0.2, 0.25) is 0 Å². The van der Waals surface area contributed by atoms with Crippen LogP contribution in [0.15, 0.2) is 437 Å². The molecule has 8 nitrogen and oxygen atoms in total. The van der Waals surface area contributed by atoms with Crippen LogP contribution in [0.1, 0.15) is 0 Å². The van der Waals surface area contributed by atoms with Crippen molar-refractivity contribution in [3.05, 3.63) is 437 Å². The molecule has 126 heavy (non-hydrogen) atoms. The lowest BCUT2D eigenvalue weighted by molar-refractivity contribution is 1.38. The van der Waals surface area contributed by atoms with Gasteiger partial charge in [0.2, 0.25) is 0 Å². The molecule has 0 atom stereocenters. The molecule has 0 aliphatic carbocycles. The SMILES string of the molecule is c1ccc(-c2cc(-c3ccccc3)cc(-c3ccc4cc(-c5ccc6ccc(-c7c8ccccc8c(-c8ccc9ccc%10cccnc%10c9n8)c8ccccc78)nc6c5)ccc4n3)c2)cc1.c1ccc(-c2ccc(-c3ccc4cc(-c5ccc6ccc(-c7c8ccccc8c(-c8ccc9ccc%10cccnc%10c9n8)c8ccccc78)nc6c5)ccc4n3)cc2)cc1. The number of hydrogen-bond donors (Lipinski definition) is 0. The van der Waals surface area contributed by atoms with Crippen molar-refractivity contribution in [2.24, 2.45) is 0 Å². The molecule has 8 heteroatoms. The fourth-order valence-electron chi connectivity index (χ4n) is 18.7. The molecule has 17 aromatic carbocycles.